The molecule has 1 saturated carbocycles. The Morgan fingerprint density at radius 1 is 1.07 bits per heavy atom. The summed E-state index contributed by atoms with van der Waals surface area (Å²) in [5, 5.41) is 7.39. The van der Waals surface area contributed by atoms with Crippen molar-refractivity contribution in [3.05, 3.63) is 84.4 Å². The van der Waals surface area contributed by atoms with Crippen molar-refractivity contribution >= 4 is 45.6 Å². The average molecular weight is 585 g/mol. The minimum atomic E-state index is -0.322. The van der Waals surface area contributed by atoms with E-state index >= 15 is 0 Å². The Labute approximate surface area is 249 Å². The van der Waals surface area contributed by atoms with E-state index in [-0.39, 0.29) is 5.91 Å². The summed E-state index contributed by atoms with van der Waals surface area (Å²) in [5.74, 6) is 3.36. The molecule has 1 saturated heterocycles. The Hall–Kier alpha value is -4.21. The second-order valence-electron chi connectivity index (χ2n) is 11.1. The van der Waals surface area contributed by atoms with Gasteiger partial charge in [0.25, 0.3) is 0 Å². The number of pyridine rings is 1. The number of amides is 1. The number of anilines is 3. The topological polar surface area (TPSA) is 102 Å². The van der Waals surface area contributed by atoms with Crippen molar-refractivity contribution in [2.45, 2.75) is 19.4 Å². The minimum Gasteiger partial charge on any atom is -0.491 e. The summed E-state index contributed by atoms with van der Waals surface area (Å²) in [6, 6.07) is 14.8. The second kappa shape index (κ2) is 12.3. The van der Waals surface area contributed by atoms with Crippen molar-refractivity contribution in [1.29, 1.82) is 0 Å². The smallest absolute Gasteiger partial charge is 0.247 e. The van der Waals surface area contributed by atoms with Crippen molar-refractivity contribution < 1.29 is 14.3 Å². The van der Waals surface area contributed by atoms with Gasteiger partial charge in [-0.2, -0.15) is 0 Å². The van der Waals surface area contributed by atoms with Gasteiger partial charge in [0.05, 0.1) is 28.5 Å². The molecular formula is C32H33ClN6O3. The number of ether oxygens (including phenoxy) is 2. The average Bonchev–Trinajstić information content (AvgIpc) is 3.53. The molecule has 216 valence electrons. The molecule has 3 heterocycles. The molecule has 1 aliphatic heterocycles. The van der Waals surface area contributed by atoms with Crippen molar-refractivity contribution in [2.75, 3.05) is 37.4 Å². The number of carbonyl (C=O) groups is 1. The number of halogens is 1. The van der Waals surface area contributed by atoms with Gasteiger partial charge in [0.2, 0.25) is 5.91 Å². The van der Waals surface area contributed by atoms with Crippen LogP contribution in [0.1, 0.15) is 18.5 Å². The number of fused-ring (bicyclic) bond motifs is 2. The highest BCUT2D eigenvalue weighted by atomic mass is 35.5. The molecule has 9 nitrogen and oxygen atoms in total. The van der Waals surface area contributed by atoms with Gasteiger partial charge in [-0.15, -0.1) is 0 Å². The zero-order valence-electron chi connectivity index (χ0n) is 23.4. The lowest BCUT2D eigenvalue weighted by molar-refractivity contribution is -0.111. The van der Waals surface area contributed by atoms with Crippen molar-refractivity contribution in [1.82, 2.24) is 19.9 Å². The Morgan fingerprint density at radius 2 is 1.90 bits per heavy atom. The fourth-order valence-corrected chi connectivity index (χ4v) is 6.29. The zero-order valence-corrected chi connectivity index (χ0v) is 24.2. The van der Waals surface area contributed by atoms with Crippen LogP contribution in [0.3, 0.4) is 0 Å². The Bertz CT molecular complexity index is 1590. The monoisotopic (exact) mass is 584 g/mol. The van der Waals surface area contributed by atoms with E-state index in [1.807, 2.05) is 36.4 Å². The first kappa shape index (κ1) is 27.9. The van der Waals surface area contributed by atoms with Crippen LogP contribution in [0, 0.1) is 17.8 Å². The molecule has 0 bridgehead atoms. The number of nitrogens with one attached hydrogen (secondary N) is 2. The maximum absolute atomic E-state index is 12.3. The van der Waals surface area contributed by atoms with Gasteiger partial charge < -0.3 is 25.0 Å². The van der Waals surface area contributed by atoms with Crippen LogP contribution >= 0.6 is 11.6 Å². The van der Waals surface area contributed by atoms with E-state index in [1.165, 1.54) is 25.2 Å². The molecule has 1 aliphatic carbocycles. The van der Waals surface area contributed by atoms with Crippen LogP contribution in [0.5, 0.6) is 11.5 Å². The summed E-state index contributed by atoms with van der Waals surface area (Å²) in [5.41, 5.74) is 2.76. The first-order valence-corrected chi connectivity index (χ1v) is 14.5. The predicted octanol–water partition coefficient (Wildman–Crippen LogP) is 6.09. The number of nitrogens with zero attached hydrogens (tertiary/aromatic N) is 4. The van der Waals surface area contributed by atoms with Crippen LogP contribution in [-0.4, -0.2) is 52.5 Å². The molecule has 2 aliphatic rings. The normalized spacial score (nSPS) is 19.8. The summed E-state index contributed by atoms with van der Waals surface area (Å²) in [6.45, 7) is 6.83. The van der Waals surface area contributed by atoms with Crippen molar-refractivity contribution in [3.63, 3.8) is 0 Å². The van der Waals surface area contributed by atoms with Crippen molar-refractivity contribution in [2.24, 2.45) is 17.8 Å². The minimum absolute atomic E-state index is 0.312. The molecule has 6 rings (SSSR count). The number of hydrogen-bond acceptors (Lipinski definition) is 8. The van der Waals surface area contributed by atoms with Gasteiger partial charge in [0.1, 0.15) is 30.3 Å². The van der Waals surface area contributed by atoms with Crippen LogP contribution < -0.4 is 20.1 Å². The Balaban J connectivity index is 1.20. The van der Waals surface area contributed by atoms with E-state index in [1.54, 1.807) is 18.3 Å². The summed E-state index contributed by atoms with van der Waals surface area (Å²) in [7, 11) is 2.20. The lowest BCUT2D eigenvalue weighted by Gasteiger charge is -2.18. The molecule has 10 heteroatoms. The zero-order chi connectivity index (χ0) is 29.1. The highest BCUT2D eigenvalue weighted by molar-refractivity contribution is 6.32. The number of carbonyl (C=O) groups excluding carboxylic acids is 1. The maximum atomic E-state index is 12.3. The highest BCUT2D eigenvalue weighted by Gasteiger charge is 2.39. The molecule has 0 unspecified atom stereocenters. The first-order valence-electron chi connectivity index (χ1n) is 14.1. The molecule has 2 aromatic heterocycles. The first-order chi connectivity index (χ1) is 20.4. The largest absolute Gasteiger partial charge is 0.491 e. The van der Waals surface area contributed by atoms with E-state index < -0.39 is 0 Å². The number of likely N-dealkylation sites (tertiary alicyclic amines) is 1. The Kier molecular flexibility index (Phi) is 8.21. The lowest BCUT2D eigenvalue weighted by Crippen LogP contribution is -2.18. The fraction of sp³-hybridized carbons (Fsp3) is 0.312. The number of rotatable bonds is 10. The van der Waals surface area contributed by atoms with Crippen LogP contribution in [-0.2, 0) is 11.4 Å². The van der Waals surface area contributed by atoms with Crippen molar-refractivity contribution in [3.8, 4) is 11.5 Å². The van der Waals surface area contributed by atoms with Gasteiger partial charge in [0.15, 0.2) is 0 Å². The molecular weight excluding hydrogens is 552 g/mol. The third-order valence-corrected chi connectivity index (χ3v) is 8.28. The van der Waals surface area contributed by atoms with Crippen LogP contribution in [0.25, 0.3) is 10.9 Å². The second-order valence-corrected chi connectivity index (χ2v) is 11.5. The number of benzene rings is 2. The fourth-order valence-electron chi connectivity index (χ4n) is 6.06. The molecule has 4 aromatic rings. The van der Waals surface area contributed by atoms with Gasteiger partial charge in [-0.05, 0) is 80.1 Å². The molecule has 2 aromatic carbocycles. The third-order valence-electron chi connectivity index (χ3n) is 7.98. The van der Waals surface area contributed by atoms with Crippen LogP contribution in [0.15, 0.2) is 73.7 Å². The van der Waals surface area contributed by atoms with E-state index in [2.05, 4.69) is 44.1 Å². The van der Waals surface area contributed by atoms with Gasteiger partial charge >= 0.3 is 0 Å². The predicted molar refractivity (Wildman–Crippen MR) is 164 cm³/mol. The maximum Gasteiger partial charge on any atom is 0.247 e. The summed E-state index contributed by atoms with van der Waals surface area (Å²) < 4.78 is 12.2. The van der Waals surface area contributed by atoms with Gasteiger partial charge in [0, 0.05) is 36.4 Å². The molecule has 1 amide bonds. The highest BCUT2D eigenvalue weighted by Crippen LogP contribution is 2.42. The quantitative estimate of drug-likeness (QED) is 0.216. The molecule has 0 radical (unpaired) electrons. The van der Waals surface area contributed by atoms with Crippen LogP contribution in [0.2, 0.25) is 5.02 Å². The van der Waals surface area contributed by atoms with Gasteiger partial charge in [-0.1, -0.05) is 24.2 Å². The standard InChI is InChI=1S/C32H33ClN6O3/c1-3-31(40)38-28-13-25-27(14-30(28)41-17-20-10-21-15-39(2)16-22(21)11-20)35-19-36-32(25)37-23-7-8-29(26(33)12-23)42-18-24-6-4-5-9-34-24/h3-9,12-14,19-22H,1,10-11,15-18H2,2H3,(H,38,40)(H,35,36,37)/t20-,21-,22+. The third kappa shape index (κ3) is 6.32. The Morgan fingerprint density at radius 3 is 2.64 bits per heavy atom. The van der Waals surface area contributed by atoms with E-state index in [9.17, 15) is 4.79 Å². The molecule has 2 N–H and O–H groups in total. The molecule has 2 fully saturated rings. The summed E-state index contributed by atoms with van der Waals surface area (Å²) >= 11 is 6.53. The summed E-state index contributed by atoms with van der Waals surface area (Å²) in [4.78, 5) is 28.0. The van der Waals surface area contributed by atoms with Gasteiger partial charge in [-0.3, -0.25) is 9.78 Å². The SMILES string of the molecule is C=CC(=O)Nc1cc2c(Nc3ccc(OCc4ccccn4)c(Cl)c3)ncnc2cc1OC[C@@H]1C[C@@H]2CN(C)C[C@@H]2C1. The number of hydrogen-bond donors (Lipinski definition) is 2. The molecule has 3 atom stereocenters. The van der Waals surface area contributed by atoms with E-state index in [0.717, 1.165) is 36.3 Å². The van der Waals surface area contributed by atoms with E-state index in [0.29, 0.717) is 58.1 Å². The van der Waals surface area contributed by atoms with Crippen LogP contribution in [0.4, 0.5) is 17.2 Å². The summed E-state index contributed by atoms with van der Waals surface area (Å²) in [6.07, 6.45) is 6.80. The number of aromatic nitrogens is 3. The van der Waals surface area contributed by atoms with Gasteiger partial charge in [-0.25, -0.2) is 9.97 Å². The lowest BCUT2D eigenvalue weighted by atomic mass is 10.0. The molecule has 42 heavy (non-hydrogen) atoms. The molecule has 0 spiro atoms. The van der Waals surface area contributed by atoms with E-state index in [4.69, 9.17) is 21.1 Å².